The molecule has 1 aliphatic rings. The van der Waals surface area contributed by atoms with E-state index >= 15 is 0 Å². The number of hydrogen-bond donors (Lipinski definition) is 2. The zero-order valence-corrected chi connectivity index (χ0v) is 11.6. The molecule has 18 heavy (non-hydrogen) atoms. The highest BCUT2D eigenvalue weighted by Crippen LogP contribution is 2.33. The molecule has 0 spiro atoms. The molecule has 1 unspecified atom stereocenters. The second kappa shape index (κ2) is 5.91. The van der Waals surface area contributed by atoms with E-state index in [1.54, 1.807) is 13.2 Å². The van der Waals surface area contributed by atoms with Gasteiger partial charge in [0.15, 0.2) is 0 Å². The monoisotopic (exact) mass is 269 g/mol. The molecule has 1 aromatic rings. The van der Waals surface area contributed by atoms with Crippen molar-refractivity contribution in [3.05, 3.63) is 28.3 Å². The van der Waals surface area contributed by atoms with Gasteiger partial charge in [0.2, 0.25) is 0 Å². The van der Waals surface area contributed by atoms with Crippen molar-refractivity contribution in [1.29, 1.82) is 0 Å². The van der Waals surface area contributed by atoms with Crippen LogP contribution in [0.5, 0.6) is 5.75 Å². The molecule has 2 rings (SSSR count). The van der Waals surface area contributed by atoms with Crippen molar-refractivity contribution in [2.24, 2.45) is 0 Å². The van der Waals surface area contributed by atoms with E-state index in [4.69, 9.17) is 16.3 Å². The Bertz CT molecular complexity index is 419. The number of halogens is 1. The summed E-state index contributed by atoms with van der Waals surface area (Å²) in [5, 5.41) is 14.3. The summed E-state index contributed by atoms with van der Waals surface area (Å²) in [6, 6.07) is 4.30. The smallest absolute Gasteiger partial charge is 0.127 e. The lowest BCUT2D eigenvalue weighted by Crippen LogP contribution is -2.19. The Morgan fingerprint density at radius 3 is 2.83 bits per heavy atom. The van der Waals surface area contributed by atoms with Gasteiger partial charge >= 0.3 is 0 Å². The lowest BCUT2D eigenvalue weighted by molar-refractivity contribution is 0.162. The molecule has 0 radical (unpaired) electrons. The third-order valence-electron chi connectivity index (χ3n) is 3.26. The fourth-order valence-corrected chi connectivity index (χ4v) is 2.43. The first-order valence-corrected chi connectivity index (χ1v) is 6.75. The lowest BCUT2D eigenvalue weighted by atomic mass is 10.0. The van der Waals surface area contributed by atoms with Crippen LogP contribution in [0.3, 0.4) is 0 Å². The Morgan fingerprint density at radius 1 is 1.50 bits per heavy atom. The first-order chi connectivity index (χ1) is 8.61. The Kier molecular flexibility index (Phi) is 4.49. The lowest BCUT2D eigenvalue weighted by Gasteiger charge is -2.17. The van der Waals surface area contributed by atoms with E-state index in [0.717, 1.165) is 23.4 Å². The number of aliphatic hydroxyl groups excluding tert-OH is 1. The highest BCUT2D eigenvalue weighted by atomic mass is 35.5. The van der Waals surface area contributed by atoms with Gasteiger partial charge in [0.1, 0.15) is 5.75 Å². The standard InChI is InChI=1S/C14H20ClNO2/c1-9-7-10(15)8-12(14(9)18-2)13(17)5-6-16-11-3-4-11/h7-8,11,13,16-17H,3-6H2,1-2H3. The van der Waals surface area contributed by atoms with E-state index in [-0.39, 0.29) is 0 Å². The van der Waals surface area contributed by atoms with Crippen LogP contribution < -0.4 is 10.1 Å². The van der Waals surface area contributed by atoms with Gasteiger partial charge in [-0.2, -0.15) is 0 Å². The maximum absolute atomic E-state index is 10.2. The summed E-state index contributed by atoms with van der Waals surface area (Å²) in [6.07, 6.45) is 2.65. The van der Waals surface area contributed by atoms with E-state index in [9.17, 15) is 5.11 Å². The van der Waals surface area contributed by atoms with E-state index in [1.807, 2.05) is 13.0 Å². The zero-order chi connectivity index (χ0) is 13.1. The van der Waals surface area contributed by atoms with Gasteiger partial charge in [0.25, 0.3) is 0 Å². The average molecular weight is 270 g/mol. The van der Waals surface area contributed by atoms with Gasteiger partial charge in [0, 0.05) is 16.6 Å². The summed E-state index contributed by atoms with van der Waals surface area (Å²) in [4.78, 5) is 0. The molecule has 3 nitrogen and oxygen atoms in total. The molecule has 1 aromatic carbocycles. The van der Waals surface area contributed by atoms with Crippen LogP contribution in [0.4, 0.5) is 0 Å². The van der Waals surface area contributed by atoms with Crippen LogP contribution >= 0.6 is 11.6 Å². The van der Waals surface area contributed by atoms with Gasteiger partial charge in [-0.05, 0) is 50.4 Å². The largest absolute Gasteiger partial charge is 0.496 e. The molecule has 100 valence electrons. The predicted molar refractivity (Wildman–Crippen MR) is 73.3 cm³/mol. The molecule has 0 bridgehead atoms. The van der Waals surface area contributed by atoms with Crippen LogP contribution in [0.1, 0.15) is 36.5 Å². The van der Waals surface area contributed by atoms with E-state index in [1.165, 1.54) is 12.8 Å². The number of nitrogens with one attached hydrogen (secondary N) is 1. The van der Waals surface area contributed by atoms with Crippen LogP contribution in [0, 0.1) is 6.92 Å². The molecule has 1 saturated carbocycles. The van der Waals surface area contributed by atoms with Crippen molar-refractivity contribution in [3.8, 4) is 5.75 Å². The summed E-state index contributed by atoms with van der Waals surface area (Å²) in [5.41, 5.74) is 1.73. The molecule has 4 heteroatoms. The molecule has 1 aliphatic carbocycles. The quantitative estimate of drug-likeness (QED) is 0.834. The molecule has 1 fully saturated rings. The van der Waals surface area contributed by atoms with Crippen molar-refractivity contribution in [3.63, 3.8) is 0 Å². The number of hydrogen-bond acceptors (Lipinski definition) is 3. The van der Waals surface area contributed by atoms with Crippen molar-refractivity contribution >= 4 is 11.6 Å². The molecule has 0 heterocycles. The van der Waals surface area contributed by atoms with E-state index in [0.29, 0.717) is 17.5 Å². The SMILES string of the molecule is COc1c(C)cc(Cl)cc1C(O)CCNC1CC1. The minimum absolute atomic E-state index is 0.538. The maximum atomic E-state index is 10.2. The molecule has 0 aliphatic heterocycles. The maximum Gasteiger partial charge on any atom is 0.127 e. The van der Waals surface area contributed by atoms with Crippen LogP contribution in [0.2, 0.25) is 5.02 Å². The second-order valence-electron chi connectivity index (χ2n) is 4.88. The molecule has 1 atom stereocenters. The van der Waals surface area contributed by atoms with Gasteiger partial charge in [-0.15, -0.1) is 0 Å². The third-order valence-corrected chi connectivity index (χ3v) is 3.48. The summed E-state index contributed by atoms with van der Waals surface area (Å²) in [5.74, 6) is 0.735. The number of aryl methyl sites for hydroxylation is 1. The third kappa shape index (κ3) is 3.37. The summed E-state index contributed by atoms with van der Waals surface area (Å²) in [7, 11) is 1.62. The fourth-order valence-electron chi connectivity index (χ4n) is 2.15. The number of methoxy groups -OCH3 is 1. The summed E-state index contributed by atoms with van der Waals surface area (Å²) in [6.45, 7) is 2.75. The molecule has 0 aromatic heterocycles. The Morgan fingerprint density at radius 2 is 2.22 bits per heavy atom. The first-order valence-electron chi connectivity index (χ1n) is 6.37. The predicted octanol–water partition coefficient (Wildman–Crippen LogP) is 2.83. The van der Waals surface area contributed by atoms with Crippen LogP contribution in [0.15, 0.2) is 12.1 Å². The van der Waals surface area contributed by atoms with Gasteiger partial charge in [-0.1, -0.05) is 11.6 Å². The topological polar surface area (TPSA) is 41.5 Å². The zero-order valence-electron chi connectivity index (χ0n) is 10.9. The van der Waals surface area contributed by atoms with Crippen molar-refractivity contribution in [1.82, 2.24) is 5.32 Å². The van der Waals surface area contributed by atoms with Gasteiger partial charge in [-0.3, -0.25) is 0 Å². The second-order valence-corrected chi connectivity index (χ2v) is 5.31. The Balaban J connectivity index is 2.04. The Hall–Kier alpha value is -0.770. The van der Waals surface area contributed by atoms with Gasteiger partial charge in [0.05, 0.1) is 13.2 Å². The average Bonchev–Trinajstić information content (AvgIpc) is 3.12. The van der Waals surface area contributed by atoms with E-state index in [2.05, 4.69) is 5.32 Å². The Labute approximate surface area is 113 Å². The van der Waals surface area contributed by atoms with Crippen molar-refractivity contribution in [2.45, 2.75) is 38.3 Å². The minimum atomic E-state index is -0.538. The number of rotatable bonds is 6. The van der Waals surface area contributed by atoms with Crippen LogP contribution in [-0.4, -0.2) is 24.8 Å². The number of benzene rings is 1. The van der Waals surface area contributed by atoms with Crippen molar-refractivity contribution in [2.75, 3.05) is 13.7 Å². The molecular weight excluding hydrogens is 250 g/mol. The van der Waals surface area contributed by atoms with Gasteiger partial charge in [-0.25, -0.2) is 0 Å². The molecule has 0 saturated heterocycles. The highest BCUT2D eigenvalue weighted by Gasteiger charge is 2.21. The van der Waals surface area contributed by atoms with Gasteiger partial charge < -0.3 is 15.2 Å². The summed E-state index contributed by atoms with van der Waals surface area (Å²) < 4.78 is 5.35. The fraction of sp³-hybridized carbons (Fsp3) is 0.571. The molecular formula is C14H20ClNO2. The molecule has 2 N–H and O–H groups in total. The first kappa shape index (κ1) is 13.7. The van der Waals surface area contributed by atoms with Crippen LogP contribution in [-0.2, 0) is 0 Å². The highest BCUT2D eigenvalue weighted by molar-refractivity contribution is 6.30. The molecule has 0 amide bonds. The number of aliphatic hydroxyl groups is 1. The summed E-state index contributed by atoms with van der Waals surface area (Å²) >= 11 is 6.04. The normalized spacial score (nSPS) is 16.7. The number of ether oxygens (including phenoxy) is 1. The van der Waals surface area contributed by atoms with Crippen molar-refractivity contribution < 1.29 is 9.84 Å². The van der Waals surface area contributed by atoms with Crippen LogP contribution in [0.25, 0.3) is 0 Å². The van der Waals surface area contributed by atoms with E-state index < -0.39 is 6.10 Å². The minimum Gasteiger partial charge on any atom is -0.496 e.